The lowest BCUT2D eigenvalue weighted by molar-refractivity contribution is 0.549. The van der Waals surface area contributed by atoms with Gasteiger partial charge in [0.25, 0.3) is 0 Å². The van der Waals surface area contributed by atoms with Gasteiger partial charge in [-0.15, -0.1) is 0 Å². The predicted octanol–water partition coefficient (Wildman–Crippen LogP) is 2.64. The molecule has 5 nitrogen and oxygen atoms in total. The molecule has 0 spiro atoms. The number of hydrazone groups is 1. The van der Waals surface area contributed by atoms with Gasteiger partial charge in [-0.2, -0.15) is 5.10 Å². The van der Waals surface area contributed by atoms with Crippen molar-refractivity contribution in [3.63, 3.8) is 0 Å². The molecule has 4 N–H and O–H groups in total. The minimum atomic E-state index is -0.590. The second kappa shape index (κ2) is 9.03. The van der Waals surface area contributed by atoms with Crippen LogP contribution in [0.3, 0.4) is 0 Å². The summed E-state index contributed by atoms with van der Waals surface area (Å²) < 4.78 is 41.7. The van der Waals surface area contributed by atoms with Crippen molar-refractivity contribution in [3.05, 3.63) is 65.0 Å². The van der Waals surface area contributed by atoms with Crippen LogP contribution in [0.4, 0.5) is 18.9 Å². The number of anilines is 1. The molecule has 0 saturated carbocycles. The van der Waals surface area contributed by atoms with E-state index >= 15 is 0 Å². The summed E-state index contributed by atoms with van der Waals surface area (Å²) in [6.07, 6.45) is 1.92. The minimum absolute atomic E-state index is 0.00446. The molecule has 0 bridgehead atoms. The van der Waals surface area contributed by atoms with E-state index in [1.165, 1.54) is 18.2 Å². The maximum absolute atomic E-state index is 14.5. The molecule has 3 rings (SSSR count). The highest BCUT2D eigenvalue weighted by Gasteiger charge is 2.25. The van der Waals surface area contributed by atoms with Gasteiger partial charge < -0.3 is 16.0 Å². The number of hydrogen-bond donors (Lipinski definition) is 3. The summed E-state index contributed by atoms with van der Waals surface area (Å²) in [6.45, 7) is 1.74. The number of rotatable bonds is 6. The van der Waals surface area contributed by atoms with Crippen LogP contribution in [-0.2, 0) is 6.54 Å². The Kier molecular flexibility index (Phi) is 6.48. The average Bonchev–Trinajstić information content (AvgIpc) is 3.12. The predicted molar refractivity (Wildman–Crippen MR) is 108 cm³/mol. The highest BCUT2D eigenvalue weighted by atomic mass is 32.1. The van der Waals surface area contributed by atoms with Crippen LogP contribution in [0.2, 0.25) is 0 Å². The molecule has 148 valence electrons. The van der Waals surface area contributed by atoms with E-state index in [1.54, 1.807) is 17.0 Å². The molecular weight excluding hydrogens is 387 g/mol. The van der Waals surface area contributed by atoms with E-state index in [0.717, 1.165) is 24.3 Å². The van der Waals surface area contributed by atoms with E-state index < -0.39 is 11.6 Å². The number of nitrogens with zero attached hydrogens (tertiary/aromatic N) is 2. The van der Waals surface area contributed by atoms with Crippen LogP contribution in [-0.4, -0.2) is 30.5 Å². The van der Waals surface area contributed by atoms with Gasteiger partial charge in [-0.1, -0.05) is 12.1 Å². The monoisotopic (exact) mass is 407 g/mol. The first-order valence-electron chi connectivity index (χ1n) is 8.72. The lowest BCUT2D eigenvalue weighted by atomic mass is 10.2. The normalized spacial score (nSPS) is 16.7. The number of benzene rings is 2. The second-order valence-corrected chi connectivity index (χ2v) is 6.94. The molecule has 1 heterocycles. The van der Waals surface area contributed by atoms with Gasteiger partial charge in [0.15, 0.2) is 5.11 Å². The molecule has 0 amide bonds. The van der Waals surface area contributed by atoms with E-state index in [4.69, 9.17) is 5.73 Å². The highest BCUT2D eigenvalue weighted by molar-refractivity contribution is 7.80. The van der Waals surface area contributed by atoms with Gasteiger partial charge in [-0.3, -0.25) is 5.43 Å². The fourth-order valence-corrected chi connectivity index (χ4v) is 3.12. The molecule has 1 atom stereocenters. The zero-order valence-corrected chi connectivity index (χ0v) is 15.8. The van der Waals surface area contributed by atoms with Crippen molar-refractivity contribution in [2.24, 2.45) is 10.8 Å². The number of hydrogen-bond acceptors (Lipinski definition) is 4. The quantitative estimate of drug-likeness (QED) is 0.390. The first kappa shape index (κ1) is 20.1. The number of halogens is 3. The van der Waals surface area contributed by atoms with Crippen molar-refractivity contribution in [1.82, 2.24) is 10.7 Å². The fourth-order valence-electron chi connectivity index (χ4n) is 3.07. The molecule has 1 fully saturated rings. The van der Waals surface area contributed by atoms with Gasteiger partial charge in [-0.05, 0) is 42.4 Å². The first-order chi connectivity index (χ1) is 13.4. The molecule has 0 aliphatic carbocycles. The summed E-state index contributed by atoms with van der Waals surface area (Å²) in [5.41, 5.74) is 8.69. The van der Waals surface area contributed by atoms with E-state index in [9.17, 15) is 13.2 Å². The lowest BCUT2D eigenvalue weighted by Gasteiger charge is -2.20. The Morgan fingerprint density at radius 1 is 1.21 bits per heavy atom. The van der Waals surface area contributed by atoms with Gasteiger partial charge >= 0.3 is 0 Å². The number of nitrogens with two attached hydrogens (primary N) is 1. The molecule has 1 saturated heterocycles. The summed E-state index contributed by atoms with van der Waals surface area (Å²) in [4.78, 5) is 1.80. The van der Waals surface area contributed by atoms with Crippen LogP contribution in [0.15, 0.2) is 41.5 Å². The Bertz CT molecular complexity index is 873. The molecule has 1 aliphatic rings. The third-order valence-corrected chi connectivity index (χ3v) is 4.57. The maximum atomic E-state index is 14.5. The zero-order chi connectivity index (χ0) is 20.1. The number of nitrogens with one attached hydrogen (secondary N) is 2. The minimum Gasteiger partial charge on any atom is -0.375 e. The van der Waals surface area contributed by atoms with Crippen molar-refractivity contribution < 1.29 is 13.2 Å². The van der Waals surface area contributed by atoms with Crippen molar-refractivity contribution >= 4 is 29.2 Å². The largest absolute Gasteiger partial charge is 0.375 e. The van der Waals surface area contributed by atoms with Crippen LogP contribution in [0.25, 0.3) is 0 Å². The van der Waals surface area contributed by atoms with Gasteiger partial charge in [0.05, 0.1) is 11.9 Å². The smallest absolute Gasteiger partial charge is 0.184 e. The van der Waals surface area contributed by atoms with Gasteiger partial charge in [0, 0.05) is 37.3 Å². The molecule has 28 heavy (non-hydrogen) atoms. The Balaban J connectivity index is 1.61. The molecule has 0 aromatic heterocycles. The topological polar surface area (TPSA) is 65.7 Å². The molecule has 2 aromatic rings. The van der Waals surface area contributed by atoms with Crippen molar-refractivity contribution in [2.45, 2.75) is 19.0 Å². The Labute approximate surface area is 166 Å². The van der Waals surface area contributed by atoms with Crippen LogP contribution in [0, 0.1) is 17.5 Å². The molecular formula is C19H20F3N5S. The van der Waals surface area contributed by atoms with Gasteiger partial charge in [-0.25, -0.2) is 13.2 Å². The summed E-state index contributed by atoms with van der Waals surface area (Å²) in [7, 11) is 0. The van der Waals surface area contributed by atoms with Gasteiger partial charge in [0.1, 0.15) is 17.5 Å². The summed E-state index contributed by atoms with van der Waals surface area (Å²) in [6, 6.07) is 8.65. The summed E-state index contributed by atoms with van der Waals surface area (Å²) in [5, 5.41) is 6.95. The van der Waals surface area contributed by atoms with Crippen LogP contribution in [0.5, 0.6) is 0 Å². The highest BCUT2D eigenvalue weighted by Crippen LogP contribution is 2.26. The average molecular weight is 407 g/mol. The fraction of sp³-hybridized carbons (Fsp3) is 0.263. The van der Waals surface area contributed by atoms with Crippen LogP contribution >= 0.6 is 12.2 Å². The standard InChI is InChI=1S/C19H20F3N5S/c20-14-3-1-12(2-4-14)9-24-15-5-6-27(11-15)18-8-16(21)13(7-17(18)22)10-25-26-19(23)28/h1-4,7-8,10,15,24H,5-6,9,11H2,(H3,23,26,28)/b25-10+/t15-/m0/s1. The van der Waals surface area contributed by atoms with E-state index in [-0.39, 0.29) is 28.2 Å². The number of thiocarbonyl (C=S) groups is 1. The maximum Gasteiger partial charge on any atom is 0.184 e. The molecule has 9 heteroatoms. The summed E-state index contributed by atoms with van der Waals surface area (Å²) in [5.74, 6) is -1.40. The van der Waals surface area contributed by atoms with Gasteiger partial charge in [0.2, 0.25) is 0 Å². The lowest BCUT2D eigenvalue weighted by Crippen LogP contribution is -2.32. The third kappa shape index (κ3) is 5.20. The molecule has 1 aliphatic heterocycles. The zero-order valence-electron chi connectivity index (χ0n) is 15.0. The van der Waals surface area contributed by atoms with E-state index in [2.05, 4.69) is 28.1 Å². The second-order valence-electron chi connectivity index (χ2n) is 6.50. The van der Waals surface area contributed by atoms with E-state index in [0.29, 0.717) is 19.6 Å². The van der Waals surface area contributed by atoms with Crippen LogP contribution in [0.1, 0.15) is 17.5 Å². The summed E-state index contributed by atoms with van der Waals surface area (Å²) >= 11 is 4.59. The molecule has 0 radical (unpaired) electrons. The Morgan fingerprint density at radius 2 is 1.96 bits per heavy atom. The Morgan fingerprint density at radius 3 is 2.68 bits per heavy atom. The van der Waals surface area contributed by atoms with Crippen molar-refractivity contribution in [3.8, 4) is 0 Å². The molecule has 0 unspecified atom stereocenters. The third-order valence-electron chi connectivity index (χ3n) is 4.48. The van der Waals surface area contributed by atoms with Crippen molar-refractivity contribution in [1.29, 1.82) is 0 Å². The van der Waals surface area contributed by atoms with E-state index in [1.807, 2.05) is 0 Å². The SMILES string of the molecule is NC(=S)N/N=C/c1cc(F)c(N2CC[C@H](NCc3ccc(F)cc3)C2)cc1F. The first-order valence-corrected chi connectivity index (χ1v) is 9.13. The Hall–Kier alpha value is -2.65. The molecule has 2 aromatic carbocycles. The van der Waals surface area contributed by atoms with Crippen LogP contribution < -0.4 is 21.4 Å². The van der Waals surface area contributed by atoms with Crippen molar-refractivity contribution in [2.75, 3.05) is 18.0 Å².